The van der Waals surface area contributed by atoms with Gasteiger partial charge in [-0.2, -0.15) is 0 Å². The highest BCUT2D eigenvalue weighted by Crippen LogP contribution is 2.08. The fourth-order valence-electron chi connectivity index (χ4n) is 1.76. The van der Waals surface area contributed by atoms with E-state index < -0.39 is 30.8 Å². The summed E-state index contributed by atoms with van der Waals surface area (Å²) in [6.07, 6.45) is -3.82. The normalized spacial score (nSPS) is 12.1. The zero-order valence-electron chi connectivity index (χ0n) is 12.7. The highest BCUT2D eigenvalue weighted by Gasteiger charge is 2.24. The van der Waals surface area contributed by atoms with Crippen molar-refractivity contribution in [1.82, 2.24) is 10.6 Å². The Morgan fingerprint density at radius 1 is 1.00 bits per heavy atom. The molecule has 0 heterocycles. The summed E-state index contributed by atoms with van der Waals surface area (Å²) < 4.78 is 24.6. The van der Waals surface area contributed by atoms with Crippen molar-refractivity contribution in [3.63, 3.8) is 0 Å². The number of alkyl halides is 2. The van der Waals surface area contributed by atoms with Crippen LogP contribution in [0.1, 0.15) is 41.0 Å². The molecule has 8 heteroatoms. The van der Waals surface area contributed by atoms with Crippen LogP contribution in [0.5, 0.6) is 0 Å². The largest absolute Gasteiger partial charge is 0.480 e. The smallest absolute Gasteiger partial charge is 0.326 e. The van der Waals surface area contributed by atoms with Gasteiger partial charge >= 0.3 is 5.97 Å². The van der Waals surface area contributed by atoms with Crippen LogP contribution in [0, 0.1) is 0 Å². The Morgan fingerprint density at radius 3 is 1.78 bits per heavy atom. The number of carbonyl (C=O) groups is 3. The molecular formula is C15H18F2N2O4. The van der Waals surface area contributed by atoms with Crippen LogP contribution in [-0.2, 0) is 4.79 Å². The molecule has 0 aliphatic rings. The maximum Gasteiger partial charge on any atom is 0.326 e. The van der Waals surface area contributed by atoms with Crippen molar-refractivity contribution in [3.8, 4) is 0 Å². The number of halogens is 2. The summed E-state index contributed by atoms with van der Waals surface area (Å²) in [7, 11) is 0. The number of amides is 2. The third-order valence-corrected chi connectivity index (χ3v) is 2.85. The van der Waals surface area contributed by atoms with E-state index in [1.54, 1.807) is 13.8 Å². The summed E-state index contributed by atoms with van der Waals surface area (Å²) >= 11 is 0. The minimum absolute atomic E-state index is 0.0452. The van der Waals surface area contributed by atoms with E-state index in [9.17, 15) is 23.2 Å². The van der Waals surface area contributed by atoms with E-state index >= 15 is 0 Å². The molecule has 0 aliphatic heterocycles. The van der Waals surface area contributed by atoms with Crippen molar-refractivity contribution >= 4 is 17.8 Å². The summed E-state index contributed by atoms with van der Waals surface area (Å²) in [5.41, 5.74) is 0.407. The van der Waals surface area contributed by atoms with Gasteiger partial charge in [0.1, 0.15) is 6.04 Å². The van der Waals surface area contributed by atoms with E-state index in [1.165, 1.54) is 24.3 Å². The first kappa shape index (κ1) is 18.5. The fraction of sp³-hybridized carbons (Fsp3) is 0.400. The molecule has 126 valence electrons. The van der Waals surface area contributed by atoms with Crippen LogP contribution in [0.3, 0.4) is 0 Å². The van der Waals surface area contributed by atoms with Crippen molar-refractivity contribution in [2.24, 2.45) is 0 Å². The Balaban J connectivity index is 2.77. The second kappa shape index (κ2) is 8.21. The van der Waals surface area contributed by atoms with E-state index in [0.29, 0.717) is 5.56 Å². The van der Waals surface area contributed by atoms with Gasteiger partial charge in [-0.1, -0.05) is 0 Å². The molecule has 23 heavy (non-hydrogen) atoms. The van der Waals surface area contributed by atoms with Gasteiger partial charge in [0.05, 0.1) is 0 Å². The van der Waals surface area contributed by atoms with E-state index in [4.69, 9.17) is 5.11 Å². The van der Waals surface area contributed by atoms with E-state index in [-0.39, 0.29) is 17.5 Å². The molecule has 0 bridgehead atoms. The van der Waals surface area contributed by atoms with Crippen molar-refractivity contribution in [3.05, 3.63) is 35.4 Å². The molecule has 0 aliphatic carbocycles. The Kier molecular flexibility index (Phi) is 6.62. The van der Waals surface area contributed by atoms with Crippen molar-refractivity contribution in [2.75, 3.05) is 0 Å². The summed E-state index contributed by atoms with van der Waals surface area (Å²) in [6.45, 7) is 3.60. The first-order valence-electron chi connectivity index (χ1n) is 6.93. The van der Waals surface area contributed by atoms with Gasteiger partial charge in [0.15, 0.2) is 0 Å². The molecule has 1 unspecified atom stereocenters. The van der Waals surface area contributed by atoms with E-state index in [2.05, 4.69) is 5.32 Å². The van der Waals surface area contributed by atoms with Gasteiger partial charge in [0.2, 0.25) is 6.43 Å². The predicted octanol–water partition coefficient (Wildman–Crippen LogP) is 1.66. The van der Waals surface area contributed by atoms with Crippen LogP contribution in [0.25, 0.3) is 0 Å². The lowest BCUT2D eigenvalue weighted by Gasteiger charge is -2.14. The summed E-state index contributed by atoms with van der Waals surface area (Å²) in [4.78, 5) is 34.5. The highest BCUT2D eigenvalue weighted by atomic mass is 19.3. The van der Waals surface area contributed by atoms with E-state index in [1.807, 2.05) is 5.32 Å². The Bertz CT molecular complexity index is 573. The number of carboxylic acids is 1. The lowest BCUT2D eigenvalue weighted by atomic mass is 10.1. The minimum Gasteiger partial charge on any atom is -0.480 e. The number of carbonyl (C=O) groups excluding carboxylic acids is 2. The predicted molar refractivity (Wildman–Crippen MR) is 78.6 cm³/mol. The standard InChI is InChI=1S/C15H18F2N2O4/c1-8(2)18-13(20)9-3-5-10(6-4-9)14(21)19-11(15(22)23)7-12(16)17/h3-6,8,11-12H,7H2,1-2H3,(H,18,20)(H,19,21)(H,22,23). The number of hydrogen-bond donors (Lipinski definition) is 3. The maximum atomic E-state index is 12.3. The number of hydrogen-bond acceptors (Lipinski definition) is 3. The van der Waals surface area contributed by atoms with Gasteiger partial charge in [-0.3, -0.25) is 9.59 Å². The third-order valence-electron chi connectivity index (χ3n) is 2.85. The van der Waals surface area contributed by atoms with Crippen LogP contribution in [0.4, 0.5) is 8.78 Å². The molecule has 1 atom stereocenters. The molecule has 0 saturated carbocycles. The topological polar surface area (TPSA) is 95.5 Å². The highest BCUT2D eigenvalue weighted by molar-refractivity contribution is 5.99. The molecule has 0 fully saturated rings. The lowest BCUT2D eigenvalue weighted by Crippen LogP contribution is -2.42. The Labute approximate surface area is 131 Å². The van der Waals surface area contributed by atoms with Gasteiger partial charge in [0, 0.05) is 23.6 Å². The molecule has 0 radical (unpaired) electrons. The van der Waals surface area contributed by atoms with Crippen LogP contribution in [0.2, 0.25) is 0 Å². The number of aliphatic carboxylic acids is 1. The molecule has 0 aromatic heterocycles. The number of nitrogens with one attached hydrogen (secondary N) is 2. The van der Waals surface area contributed by atoms with Gasteiger partial charge in [-0.05, 0) is 38.1 Å². The van der Waals surface area contributed by atoms with E-state index in [0.717, 1.165) is 0 Å². The molecule has 1 rings (SSSR count). The monoisotopic (exact) mass is 328 g/mol. The molecule has 0 spiro atoms. The quantitative estimate of drug-likeness (QED) is 0.709. The minimum atomic E-state index is -2.85. The summed E-state index contributed by atoms with van der Waals surface area (Å²) in [5.74, 6) is -2.64. The molecule has 6 nitrogen and oxygen atoms in total. The molecule has 3 N–H and O–H groups in total. The zero-order chi connectivity index (χ0) is 17.6. The van der Waals surface area contributed by atoms with Gasteiger partial charge < -0.3 is 15.7 Å². The number of rotatable bonds is 7. The average molecular weight is 328 g/mol. The number of carboxylic acid groups (broad SMARTS) is 1. The zero-order valence-corrected chi connectivity index (χ0v) is 12.7. The lowest BCUT2D eigenvalue weighted by molar-refractivity contribution is -0.140. The van der Waals surface area contributed by atoms with Crippen LogP contribution >= 0.6 is 0 Å². The Hall–Kier alpha value is -2.51. The second-order valence-electron chi connectivity index (χ2n) is 5.20. The molecule has 1 aromatic rings. The van der Waals surface area contributed by atoms with Crippen molar-refractivity contribution in [1.29, 1.82) is 0 Å². The van der Waals surface area contributed by atoms with Gasteiger partial charge in [-0.15, -0.1) is 0 Å². The molecule has 2 amide bonds. The van der Waals surface area contributed by atoms with Crippen LogP contribution in [-0.4, -0.2) is 41.4 Å². The van der Waals surface area contributed by atoms with Crippen molar-refractivity contribution in [2.45, 2.75) is 38.8 Å². The first-order valence-corrected chi connectivity index (χ1v) is 6.93. The van der Waals surface area contributed by atoms with Gasteiger partial charge in [0.25, 0.3) is 11.8 Å². The third kappa shape index (κ3) is 6.01. The molecule has 1 aromatic carbocycles. The molecular weight excluding hydrogens is 310 g/mol. The maximum absolute atomic E-state index is 12.3. The van der Waals surface area contributed by atoms with Crippen molar-refractivity contribution < 1.29 is 28.3 Å². The molecule has 0 saturated heterocycles. The Morgan fingerprint density at radius 2 is 1.43 bits per heavy atom. The summed E-state index contributed by atoms with van der Waals surface area (Å²) in [5, 5.41) is 13.5. The second-order valence-corrected chi connectivity index (χ2v) is 5.20. The first-order chi connectivity index (χ1) is 10.7. The van der Waals surface area contributed by atoms with Gasteiger partial charge in [-0.25, -0.2) is 13.6 Å². The SMILES string of the molecule is CC(C)NC(=O)c1ccc(C(=O)NC(CC(F)F)C(=O)O)cc1. The summed E-state index contributed by atoms with van der Waals surface area (Å²) in [6, 6.07) is 3.73. The van der Waals surface area contributed by atoms with Crippen LogP contribution < -0.4 is 10.6 Å². The number of benzene rings is 1. The average Bonchev–Trinajstić information content (AvgIpc) is 2.45. The fourth-order valence-corrected chi connectivity index (χ4v) is 1.76. The van der Waals surface area contributed by atoms with Crippen LogP contribution in [0.15, 0.2) is 24.3 Å².